The maximum absolute atomic E-state index is 13.7. The summed E-state index contributed by atoms with van der Waals surface area (Å²) in [7, 11) is 0. The Morgan fingerprint density at radius 1 is 0.833 bits per heavy atom. The average molecular weight is 487 g/mol. The van der Waals surface area contributed by atoms with Gasteiger partial charge in [-0.15, -0.1) is 0 Å². The lowest BCUT2D eigenvalue weighted by molar-refractivity contribution is -0.142. The number of hydrogen-bond donors (Lipinski definition) is 1. The van der Waals surface area contributed by atoms with Crippen molar-refractivity contribution in [2.45, 2.75) is 53.6 Å². The third-order valence-electron chi connectivity index (χ3n) is 5.99. The highest BCUT2D eigenvalue weighted by Gasteiger charge is 2.30. The van der Waals surface area contributed by atoms with Crippen LogP contribution in [0.2, 0.25) is 0 Å². The molecule has 0 radical (unpaired) electrons. The molecule has 0 aliphatic heterocycles. The standard InChI is InChI=1S/C31H38N2O3/c1-22(2)19-32-31(35)29(18-26-9-7-6-8-10-26)33(20-27-13-11-23(3)12-14-27)30(34)21-36-28-16-24(4)15-25(5)17-28/h6-17,22,29H,18-21H2,1-5H3,(H,32,35). The monoisotopic (exact) mass is 486 g/mol. The molecule has 36 heavy (non-hydrogen) atoms. The molecule has 3 rings (SSSR count). The molecule has 5 heteroatoms. The van der Waals surface area contributed by atoms with Crippen LogP contribution in [0.25, 0.3) is 0 Å². The quantitative estimate of drug-likeness (QED) is 0.395. The van der Waals surface area contributed by atoms with Crippen LogP contribution in [0.4, 0.5) is 0 Å². The van der Waals surface area contributed by atoms with Crippen molar-refractivity contribution in [2.75, 3.05) is 13.2 Å². The van der Waals surface area contributed by atoms with Crippen molar-refractivity contribution >= 4 is 11.8 Å². The summed E-state index contributed by atoms with van der Waals surface area (Å²) in [6.07, 6.45) is 0.423. The first-order valence-corrected chi connectivity index (χ1v) is 12.6. The minimum absolute atomic E-state index is 0.141. The highest BCUT2D eigenvalue weighted by Crippen LogP contribution is 2.19. The van der Waals surface area contributed by atoms with Crippen LogP contribution in [0, 0.1) is 26.7 Å². The Balaban J connectivity index is 1.90. The van der Waals surface area contributed by atoms with E-state index in [1.54, 1.807) is 4.90 Å². The first-order valence-electron chi connectivity index (χ1n) is 12.6. The van der Waals surface area contributed by atoms with Crippen molar-refractivity contribution < 1.29 is 14.3 Å². The van der Waals surface area contributed by atoms with E-state index in [-0.39, 0.29) is 18.4 Å². The highest BCUT2D eigenvalue weighted by atomic mass is 16.5. The Bertz CT molecular complexity index is 1120. The third-order valence-corrected chi connectivity index (χ3v) is 5.99. The second kappa shape index (κ2) is 12.9. The van der Waals surface area contributed by atoms with Crippen LogP contribution in [0.3, 0.4) is 0 Å². The zero-order valence-corrected chi connectivity index (χ0v) is 22.1. The number of aryl methyl sites for hydroxylation is 3. The van der Waals surface area contributed by atoms with Crippen LogP contribution < -0.4 is 10.1 Å². The molecule has 190 valence electrons. The summed E-state index contributed by atoms with van der Waals surface area (Å²) in [5.41, 5.74) is 5.26. The van der Waals surface area contributed by atoms with Crippen LogP contribution in [0.5, 0.6) is 5.75 Å². The molecule has 2 amide bonds. The number of carbonyl (C=O) groups is 2. The van der Waals surface area contributed by atoms with Gasteiger partial charge in [-0.1, -0.05) is 80.1 Å². The molecule has 0 saturated heterocycles. The minimum atomic E-state index is -0.664. The Kier molecular flexibility index (Phi) is 9.69. The van der Waals surface area contributed by atoms with Gasteiger partial charge in [0.2, 0.25) is 5.91 Å². The van der Waals surface area contributed by atoms with Gasteiger partial charge in [0.1, 0.15) is 11.8 Å². The fourth-order valence-electron chi connectivity index (χ4n) is 4.11. The lowest BCUT2D eigenvalue weighted by Gasteiger charge is -2.31. The van der Waals surface area contributed by atoms with Crippen molar-refractivity contribution in [2.24, 2.45) is 5.92 Å². The SMILES string of the molecule is Cc1ccc(CN(C(=O)COc2cc(C)cc(C)c2)C(Cc2ccccc2)C(=O)NCC(C)C)cc1. The molecule has 0 saturated carbocycles. The molecule has 3 aromatic carbocycles. The van der Waals surface area contributed by atoms with Gasteiger partial charge >= 0.3 is 0 Å². The zero-order chi connectivity index (χ0) is 26.1. The van der Waals surface area contributed by atoms with Gasteiger partial charge in [-0.2, -0.15) is 0 Å². The molecule has 1 N–H and O–H groups in total. The topological polar surface area (TPSA) is 58.6 Å². The zero-order valence-electron chi connectivity index (χ0n) is 22.1. The van der Waals surface area contributed by atoms with Gasteiger partial charge in [0.05, 0.1) is 0 Å². The fourth-order valence-corrected chi connectivity index (χ4v) is 4.11. The molecule has 0 spiro atoms. The summed E-state index contributed by atoms with van der Waals surface area (Å²) in [4.78, 5) is 28.8. The Morgan fingerprint density at radius 2 is 1.47 bits per heavy atom. The van der Waals surface area contributed by atoms with Gasteiger partial charge < -0.3 is 15.0 Å². The Hall–Kier alpha value is -3.60. The van der Waals surface area contributed by atoms with E-state index < -0.39 is 6.04 Å². The highest BCUT2D eigenvalue weighted by molar-refractivity contribution is 5.88. The Labute approximate surface area is 215 Å². The molecule has 0 aliphatic carbocycles. The molecular formula is C31H38N2O3. The van der Waals surface area contributed by atoms with Crippen molar-refractivity contribution in [1.82, 2.24) is 10.2 Å². The summed E-state index contributed by atoms with van der Waals surface area (Å²) in [5, 5.41) is 3.05. The lowest BCUT2D eigenvalue weighted by Crippen LogP contribution is -2.52. The molecule has 1 unspecified atom stereocenters. The van der Waals surface area contributed by atoms with Crippen molar-refractivity contribution in [3.63, 3.8) is 0 Å². The van der Waals surface area contributed by atoms with E-state index in [4.69, 9.17) is 4.74 Å². The molecule has 1 atom stereocenters. The predicted octanol–water partition coefficient (Wildman–Crippen LogP) is 5.40. The maximum atomic E-state index is 13.7. The first kappa shape index (κ1) is 27.0. The normalized spacial score (nSPS) is 11.7. The number of amides is 2. The summed E-state index contributed by atoms with van der Waals surface area (Å²) in [6, 6.07) is 23.1. The second-order valence-corrected chi connectivity index (χ2v) is 9.96. The van der Waals surface area contributed by atoms with E-state index in [1.165, 1.54) is 0 Å². The smallest absolute Gasteiger partial charge is 0.261 e. The van der Waals surface area contributed by atoms with Gasteiger partial charge in [-0.25, -0.2) is 0 Å². The summed E-state index contributed by atoms with van der Waals surface area (Å²) in [6.45, 7) is 10.9. The fraction of sp³-hybridized carbons (Fsp3) is 0.355. The van der Waals surface area contributed by atoms with E-state index >= 15 is 0 Å². The largest absolute Gasteiger partial charge is 0.484 e. The van der Waals surface area contributed by atoms with Crippen molar-refractivity contribution in [3.8, 4) is 5.75 Å². The Morgan fingerprint density at radius 3 is 2.08 bits per heavy atom. The average Bonchev–Trinajstić information content (AvgIpc) is 2.84. The number of rotatable bonds is 11. The van der Waals surface area contributed by atoms with Gasteiger partial charge in [0.15, 0.2) is 6.61 Å². The van der Waals surface area contributed by atoms with E-state index in [0.29, 0.717) is 31.2 Å². The predicted molar refractivity (Wildman–Crippen MR) is 145 cm³/mol. The van der Waals surface area contributed by atoms with E-state index in [2.05, 4.69) is 25.2 Å². The van der Waals surface area contributed by atoms with Gasteiger partial charge in [-0.05, 0) is 61.1 Å². The molecule has 5 nitrogen and oxygen atoms in total. The number of benzene rings is 3. The minimum Gasteiger partial charge on any atom is -0.484 e. The molecule has 3 aromatic rings. The van der Waals surface area contributed by atoms with Gasteiger partial charge in [-0.3, -0.25) is 9.59 Å². The summed E-state index contributed by atoms with van der Waals surface area (Å²) < 4.78 is 5.92. The van der Waals surface area contributed by atoms with Crippen LogP contribution in [-0.4, -0.2) is 35.9 Å². The second-order valence-electron chi connectivity index (χ2n) is 9.96. The summed E-state index contributed by atoms with van der Waals surface area (Å²) in [5.74, 6) is 0.579. The maximum Gasteiger partial charge on any atom is 0.261 e. The van der Waals surface area contributed by atoms with Crippen LogP contribution in [-0.2, 0) is 22.6 Å². The van der Waals surface area contributed by atoms with E-state index in [9.17, 15) is 9.59 Å². The number of carbonyl (C=O) groups excluding carboxylic acids is 2. The summed E-state index contributed by atoms with van der Waals surface area (Å²) >= 11 is 0. The molecule has 0 aliphatic rings. The first-order chi connectivity index (χ1) is 17.2. The molecule has 0 bridgehead atoms. The van der Waals surface area contributed by atoms with Crippen LogP contribution in [0.1, 0.15) is 41.7 Å². The number of hydrogen-bond acceptors (Lipinski definition) is 3. The molecule has 0 fully saturated rings. The van der Waals surface area contributed by atoms with Crippen molar-refractivity contribution in [3.05, 3.63) is 101 Å². The molecule has 0 heterocycles. The van der Waals surface area contributed by atoms with E-state index in [1.807, 2.05) is 87.5 Å². The van der Waals surface area contributed by atoms with Crippen LogP contribution >= 0.6 is 0 Å². The third kappa shape index (κ3) is 8.26. The lowest BCUT2D eigenvalue weighted by atomic mass is 10.0. The number of nitrogens with one attached hydrogen (secondary N) is 1. The van der Waals surface area contributed by atoms with E-state index in [0.717, 1.165) is 27.8 Å². The molecule has 0 aromatic heterocycles. The van der Waals surface area contributed by atoms with Gasteiger partial charge in [0.25, 0.3) is 5.91 Å². The molecular weight excluding hydrogens is 448 g/mol. The van der Waals surface area contributed by atoms with Gasteiger partial charge in [0, 0.05) is 19.5 Å². The number of ether oxygens (including phenoxy) is 1. The van der Waals surface area contributed by atoms with Crippen molar-refractivity contribution in [1.29, 1.82) is 0 Å². The van der Waals surface area contributed by atoms with Crippen LogP contribution in [0.15, 0.2) is 72.8 Å². The number of nitrogens with zero attached hydrogens (tertiary/aromatic N) is 1.